The number of aryl methyl sites for hydroxylation is 1. The second-order valence-electron chi connectivity index (χ2n) is 7.15. The Hall–Kier alpha value is -2.11. The van der Waals surface area contributed by atoms with Gasteiger partial charge < -0.3 is 14.6 Å². The molecule has 7 nitrogen and oxygen atoms in total. The molecule has 1 aliphatic heterocycles. The van der Waals surface area contributed by atoms with Crippen molar-refractivity contribution in [1.29, 1.82) is 5.26 Å². The number of rotatable bonds is 7. The Kier molecular flexibility index (Phi) is 6.84. The highest BCUT2D eigenvalue weighted by atomic mass is 32.2. The zero-order valence-electron chi connectivity index (χ0n) is 16.3. The van der Waals surface area contributed by atoms with Crippen molar-refractivity contribution in [1.82, 2.24) is 9.88 Å². The number of hydrogen-bond donors (Lipinski definition) is 1. The smallest absolute Gasteiger partial charge is 0.261 e. The fraction of sp³-hybridized carbons (Fsp3) is 0.579. The molecule has 0 radical (unpaired) electrons. The van der Waals surface area contributed by atoms with Gasteiger partial charge in [0.25, 0.3) is 5.91 Å². The van der Waals surface area contributed by atoms with E-state index in [0.717, 1.165) is 17.0 Å². The third kappa shape index (κ3) is 5.21. The fourth-order valence-corrected chi connectivity index (χ4v) is 5.47. The Morgan fingerprint density at radius 2 is 2.22 bits per heavy atom. The van der Waals surface area contributed by atoms with Crippen molar-refractivity contribution in [3.05, 3.63) is 28.6 Å². The van der Waals surface area contributed by atoms with Crippen LogP contribution in [-0.4, -0.2) is 50.7 Å². The van der Waals surface area contributed by atoms with Crippen LogP contribution in [0.1, 0.15) is 36.3 Å². The van der Waals surface area contributed by atoms with Crippen LogP contribution >= 0.6 is 0 Å². The number of carbonyl (C=O) groups is 1. The van der Waals surface area contributed by atoms with Crippen molar-refractivity contribution >= 4 is 21.8 Å². The molecule has 0 aliphatic carbocycles. The summed E-state index contributed by atoms with van der Waals surface area (Å²) in [5.74, 6) is -0.298. The average Bonchev–Trinajstić information content (AvgIpc) is 3.09. The summed E-state index contributed by atoms with van der Waals surface area (Å²) < 4.78 is 30.3. The highest BCUT2D eigenvalue weighted by Gasteiger charge is 2.28. The second-order valence-corrected chi connectivity index (χ2v) is 9.38. The zero-order valence-corrected chi connectivity index (χ0v) is 17.1. The normalized spacial score (nSPS) is 20.3. The molecule has 2 heterocycles. The van der Waals surface area contributed by atoms with Gasteiger partial charge in [-0.2, -0.15) is 5.26 Å². The zero-order chi connectivity index (χ0) is 20.2. The van der Waals surface area contributed by atoms with Gasteiger partial charge in [-0.05, 0) is 50.8 Å². The van der Waals surface area contributed by atoms with Crippen molar-refractivity contribution in [3.63, 3.8) is 0 Å². The highest BCUT2D eigenvalue weighted by Crippen LogP contribution is 2.23. The predicted octanol–water partition coefficient (Wildman–Crippen LogP) is 1.77. The van der Waals surface area contributed by atoms with Crippen LogP contribution in [0.5, 0.6) is 0 Å². The van der Waals surface area contributed by atoms with Gasteiger partial charge in [0.1, 0.15) is 11.6 Å². The molecule has 8 heteroatoms. The summed E-state index contributed by atoms with van der Waals surface area (Å²) >= 11 is 0. The van der Waals surface area contributed by atoms with Crippen molar-refractivity contribution in [2.24, 2.45) is 5.92 Å². The highest BCUT2D eigenvalue weighted by molar-refractivity contribution is 7.91. The number of nitrogens with one attached hydrogen (secondary N) is 1. The van der Waals surface area contributed by atoms with E-state index < -0.39 is 15.7 Å². The molecule has 1 aliphatic rings. The molecule has 0 spiro atoms. The van der Waals surface area contributed by atoms with E-state index in [1.807, 2.05) is 32.9 Å². The van der Waals surface area contributed by atoms with Gasteiger partial charge in [0.15, 0.2) is 9.84 Å². The first-order chi connectivity index (χ1) is 12.7. The number of sulfone groups is 1. The Morgan fingerprint density at radius 3 is 2.78 bits per heavy atom. The summed E-state index contributed by atoms with van der Waals surface area (Å²) in [4.78, 5) is 12.4. The van der Waals surface area contributed by atoms with Crippen LogP contribution in [0.15, 0.2) is 11.6 Å². The number of carbonyl (C=O) groups excluding carboxylic acids is 1. The molecule has 0 aromatic carbocycles. The van der Waals surface area contributed by atoms with E-state index in [9.17, 15) is 18.5 Å². The largest absolute Gasteiger partial charge is 0.383 e. The van der Waals surface area contributed by atoms with Gasteiger partial charge >= 0.3 is 0 Å². The number of ether oxygens (including phenoxy) is 1. The van der Waals surface area contributed by atoms with Gasteiger partial charge in [-0.15, -0.1) is 0 Å². The molecule has 2 atom stereocenters. The molecule has 1 aromatic heterocycles. The van der Waals surface area contributed by atoms with E-state index >= 15 is 0 Å². The van der Waals surface area contributed by atoms with Crippen molar-refractivity contribution in [2.45, 2.75) is 33.2 Å². The summed E-state index contributed by atoms with van der Waals surface area (Å²) in [5, 5.41) is 12.1. The molecule has 0 bridgehead atoms. The summed E-state index contributed by atoms with van der Waals surface area (Å²) in [7, 11) is -1.33. The van der Waals surface area contributed by atoms with Gasteiger partial charge in [-0.1, -0.05) is 0 Å². The number of aromatic nitrogens is 1. The van der Waals surface area contributed by atoms with Gasteiger partial charge in [0.2, 0.25) is 0 Å². The molecule has 0 saturated carbocycles. The van der Waals surface area contributed by atoms with E-state index in [1.54, 1.807) is 13.2 Å². The molecule has 2 rings (SSSR count). The first-order valence-corrected chi connectivity index (χ1v) is 10.8. The van der Waals surface area contributed by atoms with E-state index in [0.29, 0.717) is 13.0 Å². The molecular weight excluding hydrogens is 366 g/mol. The number of nitrogens with zero attached hydrogens (tertiary/aromatic N) is 2. The lowest BCUT2D eigenvalue weighted by atomic mass is 10.1. The predicted molar refractivity (Wildman–Crippen MR) is 104 cm³/mol. The monoisotopic (exact) mass is 393 g/mol. The van der Waals surface area contributed by atoms with Crippen molar-refractivity contribution in [2.75, 3.05) is 31.8 Å². The van der Waals surface area contributed by atoms with Gasteiger partial charge in [-0.3, -0.25) is 4.79 Å². The van der Waals surface area contributed by atoms with E-state index in [1.165, 1.54) is 0 Å². The number of amides is 1. The fourth-order valence-electron chi connectivity index (χ4n) is 3.61. The number of nitriles is 1. The van der Waals surface area contributed by atoms with E-state index in [2.05, 4.69) is 9.88 Å². The lowest BCUT2D eigenvalue weighted by Gasteiger charge is -2.17. The summed E-state index contributed by atoms with van der Waals surface area (Å²) in [6, 6.07) is 4.03. The molecular formula is C19H27N3O4S. The number of hydrogen-bond acceptors (Lipinski definition) is 5. The minimum Gasteiger partial charge on any atom is -0.383 e. The third-order valence-corrected chi connectivity index (χ3v) is 6.75. The molecule has 27 heavy (non-hydrogen) atoms. The maximum absolute atomic E-state index is 12.4. The molecule has 1 fully saturated rings. The lowest BCUT2D eigenvalue weighted by Crippen LogP contribution is -2.30. The SMILES string of the molecule is COCC(C)n1c(C)cc(/C=C(\C#N)C(=O)NCC2CCS(=O)(=O)C2)c1C. The van der Waals surface area contributed by atoms with Crippen LogP contribution in [0.2, 0.25) is 0 Å². The lowest BCUT2D eigenvalue weighted by molar-refractivity contribution is -0.117. The first kappa shape index (κ1) is 21.2. The van der Waals surface area contributed by atoms with E-state index in [-0.39, 0.29) is 35.6 Å². The Bertz CT molecular complexity index is 878. The van der Waals surface area contributed by atoms with Crippen LogP contribution in [0, 0.1) is 31.1 Å². The van der Waals surface area contributed by atoms with Gasteiger partial charge in [0.05, 0.1) is 24.2 Å². The first-order valence-electron chi connectivity index (χ1n) is 8.96. The van der Waals surface area contributed by atoms with Crippen LogP contribution in [0.4, 0.5) is 0 Å². The van der Waals surface area contributed by atoms with Gasteiger partial charge in [-0.25, -0.2) is 8.42 Å². The summed E-state index contributed by atoms with van der Waals surface area (Å²) in [6.45, 7) is 6.80. The van der Waals surface area contributed by atoms with Gasteiger partial charge in [0, 0.05) is 25.0 Å². The van der Waals surface area contributed by atoms with Crippen LogP contribution in [-0.2, 0) is 19.4 Å². The standard InChI is InChI=1S/C19H27N3O4S/c1-13-7-17(15(3)22(13)14(2)11-26-4)8-18(9-20)19(23)21-10-16-5-6-27(24,25)12-16/h7-8,14,16H,5-6,10-12H2,1-4H3,(H,21,23)/b18-8+. The molecule has 1 amide bonds. The Morgan fingerprint density at radius 1 is 1.52 bits per heavy atom. The van der Waals surface area contributed by atoms with Crippen LogP contribution in [0.3, 0.4) is 0 Å². The summed E-state index contributed by atoms with van der Waals surface area (Å²) in [5.41, 5.74) is 2.80. The molecule has 1 saturated heterocycles. The molecule has 1 N–H and O–H groups in total. The quantitative estimate of drug-likeness (QED) is 0.562. The van der Waals surface area contributed by atoms with E-state index in [4.69, 9.17) is 4.74 Å². The minimum atomic E-state index is -2.98. The molecule has 148 valence electrons. The van der Waals surface area contributed by atoms with Crippen molar-refractivity contribution in [3.8, 4) is 6.07 Å². The topological polar surface area (TPSA) is 101 Å². The Labute approximate surface area is 160 Å². The molecule has 2 unspecified atom stereocenters. The maximum atomic E-state index is 12.4. The maximum Gasteiger partial charge on any atom is 0.261 e. The minimum absolute atomic E-state index is 0.00972. The summed E-state index contributed by atoms with van der Waals surface area (Å²) in [6.07, 6.45) is 2.13. The van der Waals surface area contributed by atoms with Crippen molar-refractivity contribution < 1.29 is 17.9 Å². The second kappa shape index (κ2) is 8.72. The van der Waals surface area contributed by atoms with Crippen LogP contribution < -0.4 is 5.32 Å². The third-order valence-electron chi connectivity index (χ3n) is 4.92. The Balaban J connectivity index is 2.12. The molecule has 1 aromatic rings. The average molecular weight is 394 g/mol. The van der Waals surface area contributed by atoms with Crippen LogP contribution in [0.25, 0.3) is 6.08 Å². The number of methoxy groups -OCH3 is 1.